The van der Waals surface area contributed by atoms with Crippen molar-refractivity contribution in [3.05, 3.63) is 59.7 Å². The van der Waals surface area contributed by atoms with Crippen molar-refractivity contribution in [1.29, 1.82) is 0 Å². The molecule has 0 atom stereocenters. The molecule has 0 aromatic heterocycles. The van der Waals surface area contributed by atoms with Crippen molar-refractivity contribution in [2.24, 2.45) is 0 Å². The quantitative estimate of drug-likeness (QED) is 0.668. The van der Waals surface area contributed by atoms with Crippen LogP contribution in [0.1, 0.15) is 35.7 Å². The van der Waals surface area contributed by atoms with Crippen molar-refractivity contribution in [1.82, 2.24) is 5.32 Å². The summed E-state index contributed by atoms with van der Waals surface area (Å²) in [6.07, 6.45) is 1.74. The summed E-state index contributed by atoms with van der Waals surface area (Å²) in [6.45, 7) is 6.56. The molecule has 1 saturated heterocycles. The molecule has 2 aromatic rings. The van der Waals surface area contributed by atoms with E-state index in [0.29, 0.717) is 24.6 Å². The lowest BCUT2D eigenvalue weighted by Crippen LogP contribution is -3.14. The van der Waals surface area contributed by atoms with Gasteiger partial charge in [0.2, 0.25) is 0 Å². The minimum absolute atomic E-state index is 0.0122. The Labute approximate surface area is 172 Å². The van der Waals surface area contributed by atoms with Crippen LogP contribution in [0.4, 0.5) is 5.69 Å². The highest BCUT2D eigenvalue weighted by Gasteiger charge is 2.25. The Morgan fingerprint density at radius 1 is 1.07 bits per heavy atom. The number of carbonyl (C=O) groups is 2. The number of piperidine rings is 1. The van der Waals surface area contributed by atoms with Crippen LogP contribution in [-0.2, 0) is 4.79 Å². The number of anilines is 1. The van der Waals surface area contributed by atoms with E-state index >= 15 is 0 Å². The summed E-state index contributed by atoms with van der Waals surface area (Å²) in [7, 11) is 0. The highest BCUT2D eigenvalue weighted by molar-refractivity contribution is 5.95. The third-order valence-corrected chi connectivity index (χ3v) is 5.29. The number of carbonyl (C=O) groups excluding carboxylic acids is 2. The molecule has 6 nitrogen and oxygen atoms in total. The number of hydrogen-bond donors (Lipinski definition) is 3. The maximum Gasteiger partial charge on any atom is 0.279 e. The first kappa shape index (κ1) is 20.9. The number of nitrogens with one attached hydrogen (secondary N) is 3. The molecule has 1 aliphatic rings. The second kappa shape index (κ2) is 10.1. The molecule has 0 bridgehead atoms. The summed E-state index contributed by atoms with van der Waals surface area (Å²) in [5.74, 6) is 0.660. The molecular formula is C23H30N3O3+. The number of hydrogen-bond acceptors (Lipinski definition) is 3. The zero-order valence-corrected chi connectivity index (χ0v) is 17.2. The summed E-state index contributed by atoms with van der Waals surface area (Å²) in [6, 6.07) is 15.3. The van der Waals surface area contributed by atoms with Crippen LogP contribution < -0.4 is 20.3 Å². The highest BCUT2D eigenvalue weighted by Crippen LogP contribution is 2.23. The van der Waals surface area contributed by atoms with E-state index in [2.05, 4.69) is 10.6 Å². The van der Waals surface area contributed by atoms with E-state index in [-0.39, 0.29) is 17.9 Å². The van der Waals surface area contributed by atoms with Gasteiger partial charge in [-0.2, -0.15) is 0 Å². The van der Waals surface area contributed by atoms with E-state index in [4.69, 9.17) is 4.74 Å². The zero-order chi connectivity index (χ0) is 20.6. The van der Waals surface area contributed by atoms with Gasteiger partial charge in [-0.1, -0.05) is 30.3 Å². The van der Waals surface area contributed by atoms with Crippen LogP contribution in [0, 0.1) is 6.92 Å². The predicted octanol–water partition coefficient (Wildman–Crippen LogP) is 1.81. The fourth-order valence-corrected chi connectivity index (χ4v) is 3.71. The Morgan fingerprint density at radius 3 is 2.48 bits per heavy atom. The average molecular weight is 397 g/mol. The summed E-state index contributed by atoms with van der Waals surface area (Å²) in [5, 5.41) is 6.10. The fraction of sp³-hybridized carbons (Fsp3) is 0.391. The molecule has 3 rings (SSSR count). The van der Waals surface area contributed by atoms with Crippen molar-refractivity contribution < 1.29 is 19.2 Å². The summed E-state index contributed by atoms with van der Waals surface area (Å²) in [4.78, 5) is 26.2. The summed E-state index contributed by atoms with van der Waals surface area (Å²) < 4.78 is 5.56. The molecule has 2 amide bonds. The fourth-order valence-electron chi connectivity index (χ4n) is 3.71. The van der Waals surface area contributed by atoms with Crippen molar-refractivity contribution in [3.8, 4) is 5.75 Å². The molecule has 0 spiro atoms. The van der Waals surface area contributed by atoms with E-state index in [1.54, 1.807) is 0 Å². The number of aryl methyl sites for hydroxylation is 1. The Bertz CT molecular complexity index is 845. The summed E-state index contributed by atoms with van der Waals surface area (Å²) in [5.41, 5.74) is 2.42. The highest BCUT2D eigenvalue weighted by atomic mass is 16.5. The van der Waals surface area contributed by atoms with Crippen LogP contribution in [0.25, 0.3) is 0 Å². The van der Waals surface area contributed by atoms with Gasteiger partial charge in [0.05, 0.1) is 25.4 Å². The maximum absolute atomic E-state index is 12.5. The van der Waals surface area contributed by atoms with Crippen LogP contribution in [0.5, 0.6) is 5.75 Å². The van der Waals surface area contributed by atoms with E-state index in [9.17, 15) is 9.59 Å². The molecule has 3 N–H and O–H groups in total. The lowest BCUT2D eigenvalue weighted by Gasteiger charge is -2.29. The van der Waals surface area contributed by atoms with Gasteiger partial charge in [-0.15, -0.1) is 0 Å². The predicted molar refractivity (Wildman–Crippen MR) is 113 cm³/mol. The normalized spacial score (nSPS) is 18.7. The van der Waals surface area contributed by atoms with Crippen molar-refractivity contribution in [2.75, 3.05) is 31.6 Å². The van der Waals surface area contributed by atoms with Gasteiger partial charge in [-0.3, -0.25) is 9.59 Å². The molecule has 1 heterocycles. The molecule has 0 saturated carbocycles. The first-order chi connectivity index (χ1) is 14.1. The zero-order valence-electron chi connectivity index (χ0n) is 17.2. The average Bonchev–Trinajstić information content (AvgIpc) is 2.71. The van der Waals surface area contributed by atoms with E-state index in [1.165, 1.54) is 4.90 Å². The smallest absolute Gasteiger partial charge is 0.279 e. The number of benzene rings is 2. The Morgan fingerprint density at radius 2 is 1.76 bits per heavy atom. The van der Waals surface area contributed by atoms with Crippen molar-refractivity contribution >= 4 is 17.5 Å². The number of para-hydroxylation sites is 2. The van der Waals surface area contributed by atoms with Crippen LogP contribution >= 0.6 is 0 Å². The number of amides is 2. The third-order valence-electron chi connectivity index (χ3n) is 5.29. The van der Waals surface area contributed by atoms with Gasteiger partial charge in [0.1, 0.15) is 5.75 Å². The Balaban J connectivity index is 1.46. The molecule has 0 radical (unpaired) electrons. The molecular weight excluding hydrogens is 366 g/mol. The minimum Gasteiger partial charge on any atom is -0.492 e. The van der Waals surface area contributed by atoms with Gasteiger partial charge in [-0.25, -0.2) is 0 Å². The van der Waals surface area contributed by atoms with Gasteiger partial charge in [0.15, 0.2) is 6.54 Å². The minimum atomic E-state index is -0.0189. The van der Waals surface area contributed by atoms with Crippen molar-refractivity contribution in [2.45, 2.75) is 32.7 Å². The monoisotopic (exact) mass is 396 g/mol. The van der Waals surface area contributed by atoms with Gasteiger partial charge < -0.3 is 20.3 Å². The number of likely N-dealkylation sites (tertiary alicyclic amines) is 1. The SMILES string of the molecule is CCOc1ccccc1NC(=O)C[NH+]1CCC(NC(=O)c2ccccc2C)CC1. The van der Waals surface area contributed by atoms with Crippen molar-refractivity contribution in [3.63, 3.8) is 0 Å². The van der Waals surface area contributed by atoms with E-state index in [0.717, 1.165) is 37.1 Å². The third kappa shape index (κ3) is 5.81. The first-order valence-corrected chi connectivity index (χ1v) is 10.3. The summed E-state index contributed by atoms with van der Waals surface area (Å²) >= 11 is 0. The largest absolute Gasteiger partial charge is 0.492 e. The second-order valence-electron chi connectivity index (χ2n) is 7.47. The van der Waals surface area contributed by atoms with E-state index in [1.807, 2.05) is 62.4 Å². The van der Waals surface area contributed by atoms with Gasteiger partial charge in [-0.05, 0) is 37.6 Å². The standard InChI is InChI=1S/C23H29N3O3/c1-3-29-21-11-7-6-10-20(21)25-22(27)16-26-14-12-18(13-15-26)24-23(28)19-9-5-4-8-17(19)2/h4-11,18H,3,12-16H2,1-2H3,(H,24,28)(H,25,27)/p+1. The maximum atomic E-state index is 12.5. The van der Waals surface area contributed by atoms with Crippen LogP contribution in [0.15, 0.2) is 48.5 Å². The molecule has 2 aromatic carbocycles. The van der Waals surface area contributed by atoms with Gasteiger partial charge in [0, 0.05) is 24.4 Å². The molecule has 154 valence electrons. The van der Waals surface area contributed by atoms with Crippen LogP contribution in [0.3, 0.4) is 0 Å². The van der Waals surface area contributed by atoms with Crippen LogP contribution in [-0.4, -0.2) is 44.1 Å². The molecule has 0 unspecified atom stereocenters. The molecule has 0 aliphatic carbocycles. The first-order valence-electron chi connectivity index (χ1n) is 10.3. The van der Waals surface area contributed by atoms with E-state index < -0.39 is 0 Å². The van der Waals surface area contributed by atoms with Gasteiger partial charge >= 0.3 is 0 Å². The molecule has 1 aliphatic heterocycles. The Kier molecular flexibility index (Phi) is 7.25. The topological polar surface area (TPSA) is 71.9 Å². The number of ether oxygens (including phenoxy) is 1. The Hall–Kier alpha value is -2.86. The lowest BCUT2D eigenvalue weighted by molar-refractivity contribution is -0.897. The molecule has 29 heavy (non-hydrogen) atoms. The number of quaternary nitrogens is 1. The van der Waals surface area contributed by atoms with Crippen LogP contribution in [0.2, 0.25) is 0 Å². The lowest BCUT2D eigenvalue weighted by atomic mass is 10.0. The molecule has 1 fully saturated rings. The molecule has 6 heteroatoms. The van der Waals surface area contributed by atoms with Gasteiger partial charge in [0.25, 0.3) is 11.8 Å². The second-order valence-corrected chi connectivity index (χ2v) is 7.47. The number of rotatable bonds is 7.